The van der Waals surface area contributed by atoms with Gasteiger partial charge in [-0.1, -0.05) is 12.8 Å². The predicted molar refractivity (Wildman–Crippen MR) is 90.1 cm³/mol. The van der Waals surface area contributed by atoms with Gasteiger partial charge in [-0.05, 0) is 26.7 Å². The van der Waals surface area contributed by atoms with Crippen molar-refractivity contribution < 1.29 is 4.79 Å². The number of rotatable bonds is 5. The Bertz CT molecular complexity index is 288. The molecule has 1 fully saturated rings. The normalized spacial score (nSPS) is 16.1. The lowest BCUT2D eigenvalue weighted by molar-refractivity contribution is -0.121. The molecule has 1 amide bonds. The topological polar surface area (TPSA) is 65.5 Å². The second-order valence-corrected chi connectivity index (χ2v) is 5.10. The summed E-state index contributed by atoms with van der Waals surface area (Å²) in [5.74, 6) is 0.882. The summed E-state index contributed by atoms with van der Waals surface area (Å²) in [6.45, 7) is 4.73. The Morgan fingerprint density at radius 3 is 2.47 bits per heavy atom. The number of nitrogens with zero attached hydrogens (tertiary/aromatic N) is 1. The summed E-state index contributed by atoms with van der Waals surface area (Å²) in [5.41, 5.74) is 0. The van der Waals surface area contributed by atoms with Gasteiger partial charge in [-0.2, -0.15) is 0 Å². The maximum Gasteiger partial charge on any atom is 0.221 e. The molecule has 0 aliphatic heterocycles. The van der Waals surface area contributed by atoms with E-state index in [1.165, 1.54) is 12.8 Å². The maximum absolute atomic E-state index is 11.7. The lowest BCUT2D eigenvalue weighted by atomic mass is 10.2. The second kappa shape index (κ2) is 10.3. The van der Waals surface area contributed by atoms with Crippen molar-refractivity contribution in [2.75, 3.05) is 13.6 Å². The quantitative estimate of drug-likeness (QED) is 0.385. The molecule has 1 aliphatic carbocycles. The van der Waals surface area contributed by atoms with Crippen LogP contribution >= 0.6 is 24.0 Å². The molecule has 0 aromatic heterocycles. The van der Waals surface area contributed by atoms with Gasteiger partial charge in [0.1, 0.15) is 0 Å². The molecule has 0 saturated heterocycles. The molecule has 0 spiro atoms. The van der Waals surface area contributed by atoms with Gasteiger partial charge in [-0.25, -0.2) is 0 Å². The monoisotopic (exact) mass is 382 g/mol. The zero-order valence-electron chi connectivity index (χ0n) is 12.2. The van der Waals surface area contributed by atoms with E-state index in [-0.39, 0.29) is 29.9 Å². The molecule has 0 aromatic rings. The van der Waals surface area contributed by atoms with E-state index in [1.54, 1.807) is 7.05 Å². The van der Waals surface area contributed by atoms with Crippen LogP contribution in [0.4, 0.5) is 0 Å². The summed E-state index contributed by atoms with van der Waals surface area (Å²) in [7, 11) is 1.73. The van der Waals surface area contributed by atoms with Crippen molar-refractivity contribution >= 4 is 35.8 Å². The van der Waals surface area contributed by atoms with Crippen LogP contribution < -0.4 is 16.0 Å². The minimum atomic E-state index is 0. The molecule has 1 aliphatic rings. The van der Waals surface area contributed by atoms with Gasteiger partial charge in [-0.15, -0.1) is 24.0 Å². The van der Waals surface area contributed by atoms with Crippen molar-refractivity contribution in [1.29, 1.82) is 0 Å². The first-order valence-corrected chi connectivity index (χ1v) is 6.88. The molecule has 1 saturated carbocycles. The predicted octanol–water partition coefficient (Wildman–Crippen LogP) is 1.63. The van der Waals surface area contributed by atoms with Gasteiger partial charge in [0.25, 0.3) is 0 Å². The summed E-state index contributed by atoms with van der Waals surface area (Å²) < 4.78 is 0. The molecule has 0 radical (unpaired) electrons. The molecule has 1 rings (SSSR count). The van der Waals surface area contributed by atoms with E-state index in [0.717, 1.165) is 18.8 Å². The average Bonchev–Trinajstić information content (AvgIpc) is 2.79. The standard InChI is InChI=1S/C13H26N4O.HI/c1-10(2)16-13(14-3)15-9-8-12(18)17-11-6-4-5-7-11;/h10-11H,4-9H2,1-3H3,(H,17,18)(H2,14,15,16);1H. The number of carbonyl (C=O) groups excluding carboxylic acids is 1. The largest absolute Gasteiger partial charge is 0.356 e. The number of guanidine groups is 1. The number of carbonyl (C=O) groups is 1. The summed E-state index contributed by atoms with van der Waals surface area (Å²) in [6, 6.07) is 0.745. The molecule has 19 heavy (non-hydrogen) atoms. The summed E-state index contributed by atoms with van der Waals surface area (Å²) in [4.78, 5) is 15.8. The van der Waals surface area contributed by atoms with E-state index < -0.39 is 0 Å². The van der Waals surface area contributed by atoms with E-state index in [0.29, 0.717) is 25.0 Å². The summed E-state index contributed by atoms with van der Waals surface area (Å²) >= 11 is 0. The lowest BCUT2D eigenvalue weighted by Gasteiger charge is -2.15. The molecular weight excluding hydrogens is 355 g/mol. The number of aliphatic imine (C=N–C) groups is 1. The average molecular weight is 382 g/mol. The SMILES string of the molecule is CN=C(NCCC(=O)NC1CCCC1)NC(C)C.I. The zero-order valence-corrected chi connectivity index (χ0v) is 14.5. The zero-order chi connectivity index (χ0) is 13.4. The molecular formula is C13H27IN4O. The van der Waals surface area contributed by atoms with Crippen molar-refractivity contribution in [3.8, 4) is 0 Å². The van der Waals surface area contributed by atoms with Gasteiger partial charge in [0.15, 0.2) is 5.96 Å². The maximum atomic E-state index is 11.7. The first-order valence-electron chi connectivity index (χ1n) is 6.88. The first-order chi connectivity index (χ1) is 8.61. The Hall–Kier alpha value is -0.530. The number of nitrogens with one attached hydrogen (secondary N) is 3. The van der Waals surface area contributed by atoms with Gasteiger partial charge in [0.05, 0.1) is 0 Å². The van der Waals surface area contributed by atoms with Crippen LogP contribution in [0.3, 0.4) is 0 Å². The molecule has 0 unspecified atom stereocenters. The molecule has 112 valence electrons. The fourth-order valence-electron chi connectivity index (χ4n) is 2.13. The number of amides is 1. The molecule has 5 nitrogen and oxygen atoms in total. The third-order valence-corrected chi connectivity index (χ3v) is 3.01. The van der Waals surface area contributed by atoms with Crippen LogP contribution in [-0.2, 0) is 4.79 Å². The fourth-order valence-corrected chi connectivity index (χ4v) is 2.13. The van der Waals surface area contributed by atoms with E-state index in [1.807, 2.05) is 0 Å². The van der Waals surface area contributed by atoms with Crippen molar-refractivity contribution in [1.82, 2.24) is 16.0 Å². The Morgan fingerprint density at radius 1 is 1.32 bits per heavy atom. The van der Waals surface area contributed by atoms with Gasteiger partial charge in [-0.3, -0.25) is 9.79 Å². The minimum Gasteiger partial charge on any atom is -0.356 e. The fraction of sp³-hybridized carbons (Fsp3) is 0.846. The van der Waals surface area contributed by atoms with Crippen LogP contribution in [0.15, 0.2) is 4.99 Å². The van der Waals surface area contributed by atoms with Gasteiger partial charge < -0.3 is 16.0 Å². The number of halogens is 1. The molecule has 3 N–H and O–H groups in total. The molecule has 0 aromatic carbocycles. The molecule has 6 heteroatoms. The van der Waals surface area contributed by atoms with Crippen LogP contribution in [0.5, 0.6) is 0 Å². The van der Waals surface area contributed by atoms with E-state index >= 15 is 0 Å². The highest BCUT2D eigenvalue weighted by Gasteiger charge is 2.16. The van der Waals surface area contributed by atoms with Crippen LogP contribution in [0.2, 0.25) is 0 Å². The lowest BCUT2D eigenvalue weighted by Crippen LogP contribution is -2.42. The highest BCUT2D eigenvalue weighted by molar-refractivity contribution is 14.0. The highest BCUT2D eigenvalue weighted by atomic mass is 127. The summed E-state index contributed by atoms with van der Waals surface area (Å²) in [5, 5.41) is 9.39. The highest BCUT2D eigenvalue weighted by Crippen LogP contribution is 2.17. The van der Waals surface area contributed by atoms with E-state index in [9.17, 15) is 4.79 Å². The Morgan fingerprint density at radius 2 is 1.95 bits per heavy atom. The van der Waals surface area contributed by atoms with Gasteiger partial charge in [0, 0.05) is 32.1 Å². The van der Waals surface area contributed by atoms with Gasteiger partial charge in [0.2, 0.25) is 5.91 Å². The minimum absolute atomic E-state index is 0. The third-order valence-electron chi connectivity index (χ3n) is 3.01. The second-order valence-electron chi connectivity index (χ2n) is 5.10. The number of hydrogen-bond acceptors (Lipinski definition) is 2. The van der Waals surface area contributed by atoms with Crippen LogP contribution in [0.25, 0.3) is 0 Å². The first kappa shape index (κ1) is 18.5. The third kappa shape index (κ3) is 8.28. The van der Waals surface area contributed by atoms with Crippen molar-refractivity contribution in [3.05, 3.63) is 0 Å². The molecule has 0 heterocycles. The van der Waals surface area contributed by atoms with Crippen molar-refractivity contribution in [2.45, 2.75) is 58.0 Å². The Balaban J connectivity index is 0.00000324. The smallest absolute Gasteiger partial charge is 0.221 e. The van der Waals surface area contributed by atoms with Crippen LogP contribution in [0, 0.1) is 0 Å². The van der Waals surface area contributed by atoms with E-state index in [2.05, 4.69) is 34.8 Å². The van der Waals surface area contributed by atoms with Crippen LogP contribution in [0.1, 0.15) is 46.0 Å². The van der Waals surface area contributed by atoms with Gasteiger partial charge >= 0.3 is 0 Å². The van der Waals surface area contributed by atoms with Crippen molar-refractivity contribution in [2.24, 2.45) is 4.99 Å². The van der Waals surface area contributed by atoms with E-state index in [4.69, 9.17) is 0 Å². The Kier molecular flexibility index (Phi) is 9.99. The molecule has 0 bridgehead atoms. The summed E-state index contributed by atoms with van der Waals surface area (Å²) in [6.07, 6.45) is 5.25. The van der Waals surface area contributed by atoms with Crippen LogP contribution in [-0.4, -0.2) is 37.5 Å². The molecule has 0 atom stereocenters. The van der Waals surface area contributed by atoms with Crippen molar-refractivity contribution in [3.63, 3.8) is 0 Å². The Labute approximate surface area is 133 Å². The number of hydrogen-bond donors (Lipinski definition) is 3.